The molecule has 26 heavy (non-hydrogen) atoms. The minimum atomic E-state index is -4.66. The van der Waals surface area contributed by atoms with E-state index in [1.54, 1.807) is 5.32 Å². The van der Waals surface area contributed by atoms with Crippen molar-refractivity contribution >= 4 is 17.2 Å². The summed E-state index contributed by atoms with van der Waals surface area (Å²) in [6, 6.07) is 2.65. The molecule has 0 atom stereocenters. The van der Waals surface area contributed by atoms with Crippen LogP contribution in [-0.4, -0.2) is 35.8 Å². The van der Waals surface area contributed by atoms with Crippen LogP contribution in [0.1, 0.15) is 15.4 Å². The molecule has 0 bridgehead atoms. The summed E-state index contributed by atoms with van der Waals surface area (Å²) in [5.41, 5.74) is -0.970. The quantitative estimate of drug-likeness (QED) is 0.766. The molecule has 0 aliphatic rings. The van der Waals surface area contributed by atoms with Crippen LogP contribution >= 0.6 is 11.3 Å². The standard InChI is InChI=1S/C14H10F6N2O3S/c1-25-7-4-6(12(24)21-5-13(15,16)17)22-10(11(7)23)8-2-3-9(26-8)14(18,19)20/h2-4,23H,5H2,1H3,(H,21,24). The summed E-state index contributed by atoms with van der Waals surface area (Å²) in [6.45, 7) is -1.62. The fourth-order valence-electron chi connectivity index (χ4n) is 1.85. The maximum Gasteiger partial charge on any atom is 0.425 e. The third-order valence-corrected chi connectivity index (χ3v) is 4.12. The maximum atomic E-state index is 12.7. The number of hydrogen-bond donors (Lipinski definition) is 2. The number of carbonyl (C=O) groups is 1. The number of alkyl halides is 6. The minimum Gasteiger partial charge on any atom is -0.503 e. The molecule has 0 aliphatic heterocycles. The van der Waals surface area contributed by atoms with Gasteiger partial charge < -0.3 is 15.2 Å². The van der Waals surface area contributed by atoms with Crippen molar-refractivity contribution in [2.75, 3.05) is 13.7 Å². The zero-order chi connectivity index (χ0) is 19.7. The first-order chi connectivity index (χ1) is 11.9. The molecule has 2 aromatic rings. The highest BCUT2D eigenvalue weighted by atomic mass is 32.1. The van der Waals surface area contributed by atoms with Gasteiger partial charge in [0.05, 0.1) is 12.0 Å². The predicted molar refractivity (Wildman–Crippen MR) is 79.2 cm³/mol. The fourth-order valence-corrected chi connectivity index (χ4v) is 2.71. The molecule has 0 aromatic carbocycles. The highest BCUT2D eigenvalue weighted by molar-refractivity contribution is 7.15. The molecule has 0 fully saturated rings. The Labute approximate surface area is 146 Å². The highest BCUT2D eigenvalue weighted by Crippen LogP contribution is 2.42. The summed E-state index contributed by atoms with van der Waals surface area (Å²) in [7, 11) is 1.10. The Morgan fingerprint density at radius 1 is 1.27 bits per heavy atom. The van der Waals surface area contributed by atoms with Crippen LogP contribution in [0.25, 0.3) is 10.6 Å². The number of pyridine rings is 1. The summed E-state index contributed by atoms with van der Waals surface area (Å²) in [6.07, 6.45) is -9.28. The number of ether oxygens (including phenoxy) is 1. The SMILES string of the molecule is COc1cc(C(=O)NCC(F)(F)F)nc(-c2ccc(C(F)(F)F)s2)c1O. The zero-order valence-electron chi connectivity index (χ0n) is 12.8. The summed E-state index contributed by atoms with van der Waals surface area (Å²) in [5, 5.41) is 11.6. The second-order valence-electron chi connectivity index (χ2n) is 4.87. The van der Waals surface area contributed by atoms with Gasteiger partial charge >= 0.3 is 12.4 Å². The van der Waals surface area contributed by atoms with Gasteiger partial charge in [-0.15, -0.1) is 11.3 Å². The number of methoxy groups -OCH3 is 1. The summed E-state index contributed by atoms with van der Waals surface area (Å²) >= 11 is 0.250. The Hall–Kier alpha value is -2.50. The second kappa shape index (κ2) is 7.02. The van der Waals surface area contributed by atoms with E-state index in [4.69, 9.17) is 4.74 Å². The lowest BCUT2D eigenvalue weighted by atomic mass is 10.2. The van der Waals surface area contributed by atoms with Gasteiger partial charge in [-0.2, -0.15) is 26.3 Å². The topological polar surface area (TPSA) is 71.5 Å². The van der Waals surface area contributed by atoms with E-state index in [2.05, 4.69) is 4.98 Å². The first kappa shape index (κ1) is 19.8. The molecule has 0 unspecified atom stereocenters. The molecule has 142 valence electrons. The molecule has 1 amide bonds. The predicted octanol–water partition coefficient (Wildman–Crippen LogP) is 3.84. The lowest BCUT2D eigenvalue weighted by Crippen LogP contribution is -2.34. The van der Waals surface area contributed by atoms with Crippen LogP contribution in [0.15, 0.2) is 18.2 Å². The van der Waals surface area contributed by atoms with E-state index in [1.807, 2.05) is 0 Å². The number of halogens is 6. The summed E-state index contributed by atoms with van der Waals surface area (Å²) in [4.78, 5) is 14.4. The largest absolute Gasteiger partial charge is 0.503 e. The molecule has 12 heteroatoms. The van der Waals surface area contributed by atoms with Crippen LogP contribution in [0, 0.1) is 0 Å². The van der Waals surface area contributed by atoms with E-state index < -0.39 is 46.8 Å². The van der Waals surface area contributed by atoms with E-state index in [-0.39, 0.29) is 22.0 Å². The number of thiophene rings is 1. The van der Waals surface area contributed by atoms with Crippen LogP contribution in [0.5, 0.6) is 11.5 Å². The molecule has 2 rings (SSSR count). The Morgan fingerprint density at radius 3 is 2.42 bits per heavy atom. The van der Waals surface area contributed by atoms with E-state index in [0.717, 1.165) is 25.3 Å². The van der Waals surface area contributed by atoms with Gasteiger partial charge in [-0.1, -0.05) is 0 Å². The lowest BCUT2D eigenvalue weighted by molar-refractivity contribution is -0.134. The Morgan fingerprint density at radius 2 is 1.92 bits per heavy atom. The number of aromatic nitrogens is 1. The van der Waals surface area contributed by atoms with E-state index in [1.165, 1.54) is 0 Å². The van der Waals surface area contributed by atoms with Crippen molar-refractivity contribution in [1.82, 2.24) is 10.3 Å². The van der Waals surface area contributed by atoms with Gasteiger partial charge in [-0.25, -0.2) is 4.98 Å². The first-order valence-corrected chi connectivity index (χ1v) is 7.54. The van der Waals surface area contributed by atoms with Crippen molar-refractivity contribution in [3.63, 3.8) is 0 Å². The Balaban J connectivity index is 2.43. The average Bonchev–Trinajstić information content (AvgIpc) is 3.02. The highest BCUT2D eigenvalue weighted by Gasteiger charge is 2.33. The van der Waals surface area contributed by atoms with Gasteiger partial charge in [-0.05, 0) is 12.1 Å². The average molecular weight is 400 g/mol. The number of nitrogens with zero attached hydrogens (tertiary/aromatic N) is 1. The third-order valence-electron chi connectivity index (χ3n) is 2.98. The van der Waals surface area contributed by atoms with Crippen LogP contribution in [0.4, 0.5) is 26.3 Å². The molecule has 0 aliphatic carbocycles. The zero-order valence-corrected chi connectivity index (χ0v) is 13.6. The van der Waals surface area contributed by atoms with Crippen LogP contribution in [0.3, 0.4) is 0 Å². The normalized spacial score (nSPS) is 12.1. The maximum absolute atomic E-state index is 12.7. The van der Waals surface area contributed by atoms with Crippen molar-refractivity contribution < 1.29 is 41.0 Å². The molecule has 5 nitrogen and oxygen atoms in total. The molecule has 0 radical (unpaired) electrons. The fraction of sp³-hybridized carbons (Fsp3) is 0.286. The number of hydrogen-bond acceptors (Lipinski definition) is 5. The van der Waals surface area contributed by atoms with Crippen molar-refractivity contribution in [1.29, 1.82) is 0 Å². The second-order valence-corrected chi connectivity index (χ2v) is 5.95. The lowest BCUT2D eigenvalue weighted by Gasteiger charge is -2.12. The van der Waals surface area contributed by atoms with E-state index in [9.17, 15) is 36.2 Å². The van der Waals surface area contributed by atoms with Crippen molar-refractivity contribution in [3.05, 3.63) is 28.8 Å². The van der Waals surface area contributed by atoms with Crippen molar-refractivity contribution in [2.45, 2.75) is 12.4 Å². The molecule has 0 saturated carbocycles. The number of aromatic hydroxyl groups is 1. The van der Waals surface area contributed by atoms with Crippen molar-refractivity contribution in [2.24, 2.45) is 0 Å². The molecule has 2 aromatic heterocycles. The first-order valence-electron chi connectivity index (χ1n) is 6.72. The Kier molecular flexibility index (Phi) is 5.35. The minimum absolute atomic E-state index is 0.140. The number of amides is 1. The Bertz CT molecular complexity index is 816. The van der Waals surface area contributed by atoms with Crippen molar-refractivity contribution in [3.8, 4) is 22.1 Å². The number of nitrogens with one attached hydrogen (secondary N) is 1. The molecule has 0 spiro atoms. The van der Waals surface area contributed by atoms with Gasteiger partial charge in [0, 0.05) is 6.07 Å². The smallest absolute Gasteiger partial charge is 0.425 e. The molecular formula is C14H10F6N2O3S. The van der Waals surface area contributed by atoms with E-state index >= 15 is 0 Å². The molecule has 2 N–H and O–H groups in total. The van der Waals surface area contributed by atoms with E-state index in [0.29, 0.717) is 0 Å². The van der Waals surface area contributed by atoms with Crippen LogP contribution in [0.2, 0.25) is 0 Å². The third kappa shape index (κ3) is 4.56. The van der Waals surface area contributed by atoms with Gasteiger partial charge in [-0.3, -0.25) is 4.79 Å². The molecular weight excluding hydrogens is 390 g/mol. The van der Waals surface area contributed by atoms with Gasteiger partial charge in [0.15, 0.2) is 11.5 Å². The number of rotatable bonds is 4. The molecule has 2 heterocycles. The van der Waals surface area contributed by atoms with Crippen LogP contribution < -0.4 is 10.1 Å². The summed E-state index contributed by atoms with van der Waals surface area (Å²) in [5.74, 6) is -2.20. The van der Waals surface area contributed by atoms with Gasteiger partial charge in [0.1, 0.15) is 22.8 Å². The van der Waals surface area contributed by atoms with Gasteiger partial charge in [0.25, 0.3) is 5.91 Å². The van der Waals surface area contributed by atoms with Gasteiger partial charge in [0.2, 0.25) is 0 Å². The number of carbonyl (C=O) groups excluding carboxylic acids is 1. The summed E-state index contributed by atoms with van der Waals surface area (Å²) < 4.78 is 79.5. The molecule has 0 saturated heterocycles. The monoisotopic (exact) mass is 400 g/mol. The van der Waals surface area contributed by atoms with Crippen LogP contribution in [-0.2, 0) is 6.18 Å².